The predicted octanol–water partition coefficient (Wildman–Crippen LogP) is 7.19. The monoisotopic (exact) mass is 410 g/mol. The minimum absolute atomic E-state index is 1.11. The van der Waals surface area contributed by atoms with Gasteiger partial charge in [-0.05, 0) is 69.1 Å². The van der Waals surface area contributed by atoms with Crippen molar-refractivity contribution >= 4 is 53.4 Å². The van der Waals surface area contributed by atoms with Crippen molar-refractivity contribution in [2.45, 2.75) is 0 Å². The van der Waals surface area contributed by atoms with Crippen LogP contribution in [-0.2, 0) is 0 Å². The van der Waals surface area contributed by atoms with Gasteiger partial charge < -0.3 is 0 Å². The molecule has 0 radical (unpaired) electrons. The van der Waals surface area contributed by atoms with Gasteiger partial charge in [0, 0.05) is 8.95 Å². The van der Waals surface area contributed by atoms with Gasteiger partial charge in [0.1, 0.15) is 0 Å². The van der Waals surface area contributed by atoms with E-state index in [4.69, 9.17) is 0 Å². The Labute approximate surface area is 146 Å². The Morgan fingerprint density at radius 3 is 1.27 bits per heavy atom. The van der Waals surface area contributed by atoms with Crippen molar-refractivity contribution in [3.8, 4) is 11.1 Å². The van der Waals surface area contributed by atoms with Crippen LogP contribution >= 0.6 is 31.9 Å². The molecule has 0 N–H and O–H groups in total. The second-order valence-electron chi connectivity index (χ2n) is 5.41. The maximum Gasteiger partial charge on any atom is 0.0181 e. The van der Waals surface area contributed by atoms with Gasteiger partial charge in [0.25, 0.3) is 0 Å². The first kappa shape index (κ1) is 14.0. The van der Waals surface area contributed by atoms with Crippen LogP contribution in [0.3, 0.4) is 0 Å². The van der Waals surface area contributed by atoms with Crippen molar-refractivity contribution in [3.05, 3.63) is 81.7 Å². The normalized spacial score (nSPS) is 11.2. The third-order valence-electron chi connectivity index (χ3n) is 3.94. The fourth-order valence-corrected chi connectivity index (χ4v) is 3.55. The topological polar surface area (TPSA) is 0 Å². The lowest BCUT2D eigenvalue weighted by Gasteiger charge is -2.07. The fraction of sp³-hybridized carbons (Fsp3) is 0. The number of fused-ring (bicyclic) bond motifs is 2. The van der Waals surface area contributed by atoms with Crippen LogP contribution in [0.4, 0.5) is 0 Å². The smallest absolute Gasteiger partial charge is 0.0181 e. The molecule has 0 aliphatic carbocycles. The van der Waals surface area contributed by atoms with Crippen molar-refractivity contribution in [3.63, 3.8) is 0 Å². The maximum absolute atomic E-state index is 3.55. The van der Waals surface area contributed by atoms with Crippen LogP contribution in [-0.4, -0.2) is 0 Å². The molecule has 22 heavy (non-hydrogen) atoms. The van der Waals surface area contributed by atoms with Crippen LogP contribution in [0.5, 0.6) is 0 Å². The van der Waals surface area contributed by atoms with E-state index in [1.54, 1.807) is 0 Å². The summed E-state index contributed by atoms with van der Waals surface area (Å²) in [5, 5.41) is 5.02. The molecule has 0 saturated heterocycles. The van der Waals surface area contributed by atoms with E-state index in [9.17, 15) is 0 Å². The average Bonchev–Trinajstić information content (AvgIpc) is 2.53. The largest absolute Gasteiger partial charge is 0.0538 e. The Balaban J connectivity index is 1.90. The molecule has 0 amide bonds. The lowest BCUT2D eigenvalue weighted by Crippen LogP contribution is -1.81. The highest BCUT2D eigenvalue weighted by atomic mass is 79.9. The van der Waals surface area contributed by atoms with Gasteiger partial charge in [-0.25, -0.2) is 0 Å². The molecule has 0 aromatic heterocycles. The zero-order chi connectivity index (χ0) is 15.1. The SMILES string of the molecule is Brc1ccc2ccc(-c3ccc4ccc(Br)cc4c3)cc2c1. The molecule has 4 rings (SSSR count). The Morgan fingerprint density at radius 2 is 0.818 bits per heavy atom. The summed E-state index contributed by atoms with van der Waals surface area (Å²) in [6, 6.07) is 26.0. The third kappa shape index (κ3) is 2.57. The molecule has 0 spiro atoms. The van der Waals surface area contributed by atoms with E-state index in [2.05, 4.69) is 105 Å². The standard InChI is InChI=1S/C20H12Br2/c21-19-7-5-13-1-3-15(9-17(13)11-19)16-4-2-14-6-8-20(22)12-18(14)10-16/h1-12H. The molecular weight excluding hydrogens is 400 g/mol. The van der Waals surface area contributed by atoms with Gasteiger partial charge in [0.2, 0.25) is 0 Å². The Kier molecular flexibility index (Phi) is 3.51. The first-order chi connectivity index (χ1) is 10.7. The zero-order valence-electron chi connectivity index (χ0n) is 11.7. The molecule has 0 saturated carbocycles. The van der Waals surface area contributed by atoms with Crippen molar-refractivity contribution in [2.75, 3.05) is 0 Å². The molecule has 2 heteroatoms. The molecular formula is C20H12Br2. The van der Waals surface area contributed by atoms with E-state index in [0.717, 1.165) is 8.95 Å². The molecule has 106 valence electrons. The summed E-state index contributed by atoms with van der Waals surface area (Å²) in [5.41, 5.74) is 2.49. The molecule has 0 heterocycles. The third-order valence-corrected chi connectivity index (χ3v) is 4.92. The first-order valence-corrected chi connectivity index (χ1v) is 8.67. The highest BCUT2D eigenvalue weighted by Gasteiger charge is 2.03. The summed E-state index contributed by atoms with van der Waals surface area (Å²) in [6.45, 7) is 0. The average molecular weight is 412 g/mol. The number of hydrogen-bond acceptors (Lipinski definition) is 0. The highest BCUT2D eigenvalue weighted by molar-refractivity contribution is 9.10. The van der Waals surface area contributed by atoms with Crippen LogP contribution < -0.4 is 0 Å². The Morgan fingerprint density at radius 1 is 0.409 bits per heavy atom. The van der Waals surface area contributed by atoms with Gasteiger partial charge in [-0.1, -0.05) is 68.3 Å². The molecule has 0 bridgehead atoms. The second kappa shape index (κ2) is 5.53. The lowest BCUT2D eigenvalue weighted by molar-refractivity contribution is 1.65. The summed E-state index contributed by atoms with van der Waals surface area (Å²) >= 11 is 7.10. The second-order valence-corrected chi connectivity index (χ2v) is 7.24. The number of halogens is 2. The summed E-state index contributed by atoms with van der Waals surface area (Å²) in [7, 11) is 0. The van der Waals surface area contributed by atoms with Gasteiger partial charge in [0.15, 0.2) is 0 Å². The molecule has 0 nitrogen and oxygen atoms in total. The maximum atomic E-state index is 3.55. The van der Waals surface area contributed by atoms with Crippen molar-refractivity contribution in [1.82, 2.24) is 0 Å². The van der Waals surface area contributed by atoms with Crippen molar-refractivity contribution in [1.29, 1.82) is 0 Å². The van der Waals surface area contributed by atoms with Crippen molar-refractivity contribution in [2.24, 2.45) is 0 Å². The molecule has 0 aliphatic rings. The quantitative estimate of drug-likeness (QED) is 0.311. The van der Waals surface area contributed by atoms with Crippen LogP contribution in [0.25, 0.3) is 32.7 Å². The number of hydrogen-bond donors (Lipinski definition) is 0. The van der Waals surface area contributed by atoms with Gasteiger partial charge in [-0.15, -0.1) is 0 Å². The predicted molar refractivity (Wildman–Crippen MR) is 102 cm³/mol. The van der Waals surface area contributed by atoms with E-state index in [1.165, 1.54) is 32.7 Å². The Bertz CT molecular complexity index is 920. The van der Waals surface area contributed by atoms with Crippen molar-refractivity contribution < 1.29 is 0 Å². The summed E-state index contributed by atoms with van der Waals surface area (Å²) in [6.07, 6.45) is 0. The molecule has 0 fully saturated rings. The number of rotatable bonds is 1. The molecule has 0 aliphatic heterocycles. The minimum atomic E-state index is 1.11. The lowest BCUT2D eigenvalue weighted by atomic mass is 9.99. The van der Waals surface area contributed by atoms with E-state index in [0.29, 0.717) is 0 Å². The van der Waals surface area contributed by atoms with Crippen LogP contribution in [0.15, 0.2) is 81.7 Å². The molecule has 0 unspecified atom stereocenters. The highest BCUT2D eigenvalue weighted by Crippen LogP contribution is 2.29. The Hall–Kier alpha value is -1.64. The van der Waals surface area contributed by atoms with Gasteiger partial charge in [-0.3, -0.25) is 0 Å². The van der Waals surface area contributed by atoms with Crippen LogP contribution in [0.2, 0.25) is 0 Å². The van der Waals surface area contributed by atoms with E-state index >= 15 is 0 Å². The summed E-state index contributed by atoms with van der Waals surface area (Å²) in [4.78, 5) is 0. The zero-order valence-corrected chi connectivity index (χ0v) is 14.9. The fourth-order valence-electron chi connectivity index (χ4n) is 2.79. The van der Waals surface area contributed by atoms with Gasteiger partial charge in [0.05, 0.1) is 0 Å². The van der Waals surface area contributed by atoms with E-state index in [1.807, 2.05) is 0 Å². The summed E-state index contributed by atoms with van der Waals surface area (Å²) < 4.78 is 2.22. The molecule has 4 aromatic carbocycles. The number of benzene rings is 4. The van der Waals surface area contributed by atoms with Gasteiger partial charge >= 0.3 is 0 Å². The summed E-state index contributed by atoms with van der Waals surface area (Å²) in [5.74, 6) is 0. The van der Waals surface area contributed by atoms with Crippen LogP contribution in [0.1, 0.15) is 0 Å². The van der Waals surface area contributed by atoms with Crippen LogP contribution in [0, 0.1) is 0 Å². The minimum Gasteiger partial charge on any atom is -0.0538 e. The van der Waals surface area contributed by atoms with E-state index < -0.39 is 0 Å². The molecule has 4 aromatic rings. The molecule has 0 atom stereocenters. The van der Waals surface area contributed by atoms with E-state index in [-0.39, 0.29) is 0 Å². The first-order valence-electron chi connectivity index (χ1n) is 7.08. The van der Waals surface area contributed by atoms with Gasteiger partial charge in [-0.2, -0.15) is 0 Å².